The molecule has 1 nitrogen and oxygen atoms in total. The molecule has 0 bridgehead atoms. The lowest BCUT2D eigenvalue weighted by Gasteiger charge is -2.00. The van der Waals surface area contributed by atoms with Crippen LogP contribution in [-0.2, 0) is 0 Å². The van der Waals surface area contributed by atoms with Crippen LogP contribution in [0.15, 0.2) is 4.99 Å². The summed E-state index contributed by atoms with van der Waals surface area (Å²) in [5.74, 6) is 0.842. The highest BCUT2D eigenvalue weighted by Crippen LogP contribution is 2.05. The first-order valence-corrected chi connectivity index (χ1v) is 3.70. The van der Waals surface area contributed by atoms with Crippen LogP contribution in [0.4, 0.5) is 0 Å². The van der Waals surface area contributed by atoms with E-state index in [1.165, 1.54) is 19.3 Å². The topological polar surface area (TPSA) is 12.4 Å². The molecule has 0 aliphatic rings. The van der Waals surface area contributed by atoms with Gasteiger partial charge in [0.05, 0.1) is 0 Å². The summed E-state index contributed by atoms with van der Waals surface area (Å²) in [5.41, 5.74) is 0. The van der Waals surface area contributed by atoms with Gasteiger partial charge in [-0.3, -0.25) is 0 Å². The van der Waals surface area contributed by atoms with Gasteiger partial charge in [-0.05, 0) is 19.1 Å². The van der Waals surface area contributed by atoms with Crippen LogP contribution in [0.2, 0.25) is 0 Å². The molecule has 0 atom stereocenters. The number of hydrogen-bond donors (Lipinski definition) is 0. The van der Waals surface area contributed by atoms with Crippen LogP contribution in [0.25, 0.3) is 0 Å². The maximum atomic E-state index is 3.78. The van der Waals surface area contributed by atoms with Crippen LogP contribution in [0.1, 0.15) is 33.1 Å². The number of rotatable bonds is 5. The fourth-order valence-corrected chi connectivity index (χ4v) is 0.776. The van der Waals surface area contributed by atoms with Gasteiger partial charge in [-0.1, -0.05) is 26.7 Å². The average Bonchev–Trinajstić information content (AvgIpc) is 1.80. The molecule has 0 spiro atoms. The second kappa shape index (κ2) is 5.80. The maximum Gasteiger partial charge on any atom is 0.0382 e. The Kier molecular flexibility index (Phi) is 5.59. The normalized spacial score (nSPS) is 10.1. The van der Waals surface area contributed by atoms with Crippen molar-refractivity contribution in [1.29, 1.82) is 0 Å². The first-order chi connectivity index (χ1) is 4.27. The Bertz CT molecular complexity index is 67.0. The molecule has 9 heavy (non-hydrogen) atoms. The van der Waals surface area contributed by atoms with E-state index in [2.05, 4.69) is 25.6 Å². The molecular formula is C8H17N. The minimum Gasteiger partial charge on any atom is -0.301 e. The van der Waals surface area contributed by atoms with Crippen LogP contribution in [0, 0.1) is 5.92 Å². The van der Waals surface area contributed by atoms with Crippen molar-refractivity contribution in [2.45, 2.75) is 33.1 Å². The monoisotopic (exact) mass is 127 g/mol. The van der Waals surface area contributed by atoms with Gasteiger partial charge in [0.1, 0.15) is 0 Å². The zero-order valence-electron chi connectivity index (χ0n) is 6.56. The van der Waals surface area contributed by atoms with Crippen LogP contribution < -0.4 is 0 Å². The van der Waals surface area contributed by atoms with Crippen LogP contribution >= 0.6 is 0 Å². The second-order valence-electron chi connectivity index (χ2n) is 2.84. The van der Waals surface area contributed by atoms with E-state index in [0.717, 1.165) is 12.5 Å². The summed E-state index contributed by atoms with van der Waals surface area (Å²) < 4.78 is 0. The molecule has 0 aromatic carbocycles. The van der Waals surface area contributed by atoms with E-state index >= 15 is 0 Å². The summed E-state index contributed by atoms with van der Waals surface area (Å²) in [4.78, 5) is 3.78. The van der Waals surface area contributed by atoms with Crippen molar-refractivity contribution in [3.63, 3.8) is 0 Å². The quantitative estimate of drug-likeness (QED) is 0.397. The van der Waals surface area contributed by atoms with Crippen molar-refractivity contribution in [3.05, 3.63) is 0 Å². The van der Waals surface area contributed by atoms with Gasteiger partial charge < -0.3 is 4.99 Å². The van der Waals surface area contributed by atoms with E-state index in [1.54, 1.807) is 0 Å². The largest absolute Gasteiger partial charge is 0.301 e. The van der Waals surface area contributed by atoms with Gasteiger partial charge in [0.2, 0.25) is 0 Å². The van der Waals surface area contributed by atoms with Crippen molar-refractivity contribution in [2.24, 2.45) is 10.9 Å². The fraction of sp³-hybridized carbons (Fsp3) is 0.875. The molecule has 0 aliphatic heterocycles. The first kappa shape index (κ1) is 8.67. The van der Waals surface area contributed by atoms with Crippen molar-refractivity contribution >= 4 is 6.72 Å². The van der Waals surface area contributed by atoms with Crippen molar-refractivity contribution < 1.29 is 0 Å². The van der Waals surface area contributed by atoms with Gasteiger partial charge in [-0.2, -0.15) is 0 Å². The molecule has 0 aliphatic carbocycles. The van der Waals surface area contributed by atoms with E-state index < -0.39 is 0 Å². The third-order valence-corrected chi connectivity index (χ3v) is 1.35. The first-order valence-electron chi connectivity index (χ1n) is 3.70. The lowest BCUT2D eigenvalue weighted by Crippen LogP contribution is -1.88. The summed E-state index contributed by atoms with van der Waals surface area (Å²) in [7, 11) is 0. The van der Waals surface area contributed by atoms with E-state index in [9.17, 15) is 0 Å². The molecule has 0 unspecified atom stereocenters. The van der Waals surface area contributed by atoms with Gasteiger partial charge in [0.25, 0.3) is 0 Å². The molecule has 0 aromatic rings. The van der Waals surface area contributed by atoms with Crippen LogP contribution in [0.3, 0.4) is 0 Å². The predicted molar refractivity (Wildman–Crippen MR) is 43.1 cm³/mol. The van der Waals surface area contributed by atoms with E-state index in [-0.39, 0.29) is 0 Å². The minimum absolute atomic E-state index is 0.842. The van der Waals surface area contributed by atoms with Crippen molar-refractivity contribution in [2.75, 3.05) is 6.54 Å². The minimum atomic E-state index is 0.842. The van der Waals surface area contributed by atoms with Crippen LogP contribution in [0.5, 0.6) is 0 Å². The fourth-order valence-electron chi connectivity index (χ4n) is 0.776. The summed E-state index contributed by atoms with van der Waals surface area (Å²) in [6, 6.07) is 0. The van der Waals surface area contributed by atoms with Gasteiger partial charge in [0, 0.05) is 6.54 Å². The SMILES string of the molecule is C=NCCCCC(C)C. The second-order valence-corrected chi connectivity index (χ2v) is 2.84. The zero-order valence-corrected chi connectivity index (χ0v) is 6.56. The standard InChI is InChI=1S/C8H17N/c1-8(2)6-4-5-7-9-3/h8H,3-7H2,1-2H3. The number of aliphatic imine (C=N–C) groups is 1. The molecule has 0 amide bonds. The Hall–Kier alpha value is -0.330. The Morgan fingerprint density at radius 3 is 2.44 bits per heavy atom. The third kappa shape index (κ3) is 7.67. The molecule has 1 heteroatoms. The highest BCUT2D eigenvalue weighted by Gasteiger charge is 1.91. The van der Waals surface area contributed by atoms with Crippen LogP contribution in [-0.4, -0.2) is 13.3 Å². The molecule has 0 rings (SSSR count). The predicted octanol–water partition coefficient (Wildman–Crippen LogP) is 2.51. The third-order valence-electron chi connectivity index (χ3n) is 1.35. The summed E-state index contributed by atoms with van der Waals surface area (Å²) in [6.07, 6.45) is 3.84. The summed E-state index contributed by atoms with van der Waals surface area (Å²) in [6.45, 7) is 8.87. The Balaban J connectivity index is 2.82. The highest BCUT2D eigenvalue weighted by molar-refractivity contribution is 5.22. The lowest BCUT2D eigenvalue weighted by molar-refractivity contribution is 0.542. The maximum absolute atomic E-state index is 3.78. The molecule has 0 N–H and O–H groups in total. The van der Waals surface area contributed by atoms with Crippen molar-refractivity contribution in [3.8, 4) is 0 Å². The molecular weight excluding hydrogens is 110 g/mol. The molecule has 0 saturated heterocycles. The molecule has 0 fully saturated rings. The van der Waals surface area contributed by atoms with E-state index in [4.69, 9.17) is 0 Å². The summed E-state index contributed by atoms with van der Waals surface area (Å²) in [5, 5.41) is 0. The average molecular weight is 127 g/mol. The highest BCUT2D eigenvalue weighted by atomic mass is 14.7. The molecule has 0 aromatic heterocycles. The number of hydrogen-bond acceptors (Lipinski definition) is 1. The van der Waals surface area contributed by atoms with Crippen molar-refractivity contribution in [1.82, 2.24) is 0 Å². The molecule has 0 saturated carbocycles. The van der Waals surface area contributed by atoms with Gasteiger partial charge in [-0.15, -0.1) is 0 Å². The summed E-state index contributed by atoms with van der Waals surface area (Å²) >= 11 is 0. The Morgan fingerprint density at radius 2 is 2.00 bits per heavy atom. The Labute approximate surface area is 58.2 Å². The lowest BCUT2D eigenvalue weighted by atomic mass is 10.1. The molecule has 0 heterocycles. The van der Waals surface area contributed by atoms with Gasteiger partial charge in [-0.25, -0.2) is 0 Å². The van der Waals surface area contributed by atoms with Gasteiger partial charge >= 0.3 is 0 Å². The molecule has 0 radical (unpaired) electrons. The molecule has 54 valence electrons. The van der Waals surface area contributed by atoms with E-state index in [1.807, 2.05) is 0 Å². The Morgan fingerprint density at radius 1 is 1.33 bits per heavy atom. The van der Waals surface area contributed by atoms with Gasteiger partial charge in [0.15, 0.2) is 0 Å². The van der Waals surface area contributed by atoms with E-state index in [0.29, 0.717) is 0 Å². The smallest absolute Gasteiger partial charge is 0.0382 e. The number of nitrogens with zero attached hydrogens (tertiary/aromatic N) is 1. The zero-order chi connectivity index (χ0) is 7.11. The number of unbranched alkanes of at least 4 members (excludes halogenated alkanes) is 1.